The molecular formula is C16H25NO2. The van der Waals surface area contributed by atoms with Crippen molar-refractivity contribution in [3.63, 3.8) is 0 Å². The number of rotatable bonds is 4. The van der Waals surface area contributed by atoms with Gasteiger partial charge in [0.25, 0.3) is 0 Å². The van der Waals surface area contributed by atoms with E-state index >= 15 is 0 Å². The first-order valence-electron chi connectivity index (χ1n) is 7.19. The molecule has 0 aromatic heterocycles. The molecule has 1 aliphatic carbocycles. The zero-order valence-corrected chi connectivity index (χ0v) is 11.9. The Kier molecular flexibility index (Phi) is 4.83. The SMILES string of the molecule is CC1CC(C)CC(OCC(O)c2ccc(N)cc2)C1. The van der Waals surface area contributed by atoms with Crippen molar-refractivity contribution in [1.82, 2.24) is 0 Å². The normalized spacial score (nSPS) is 29.1. The van der Waals surface area contributed by atoms with Gasteiger partial charge in [-0.1, -0.05) is 26.0 Å². The second-order valence-electron chi connectivity index (χ2n) is 6.06. The van der Waals surface area contributed by atoms with Crippen molar-refractivity contribution in [2.75, 3.05) is 12.3 Å². The van der Waals surface area contributed by atoms with Gasteiger partial charge in [0.05, 0.1) is 12.7 Å². The van der Waals surface area contributed by atoms with Crippen LogP contribution in [0.15, 0.2) is 24.3 Å². The summed E-state index contributed by atoms with van der Waals surface area (Å²) in [6.45, 7) is 4.93. The van der Waals surface area contributed by atoms with Crippen LogP contribution < -0.4 is 5.73 Å². The molecular weight excluding hydrogens is 238 g/mol. The molecule has 3 unspecified atom stereocenters. The lowest BCUT2D eigenvalue weighted by atomic mass is 9.82. The van der Waals surface area contributed by atoms with Crippen LogP contribution in [0, 0.1) is 11.8 Å². The summed E-state index contributed by atoms with van der Waals surface area (Å²) in [5.41, 5.74) is 7.22. The monoisotopic (exact) mass is 263 g/mol. The van der Waals surface area contributed by atoms with Gasteiger partial charge in [0.15, 0.2) is 0 Å². The fourth-order valence-electron chi connectivity index (χ4n) is 3.05. The number of anilines is 1. The molecule has 19 heavy (non-hydrogen) atoms. The Morgan fingerprint density at radius 2 is 1.74 bits per heavy atom. The minimum Gasteiger partial charge on any atom is -0.399 e. The summed E-state index contributed by atoms with van der Waals surface area (Å²) in [6.07, 6.45) is 3.24. The van der Waals surface area contributed by atoms with Crippen LogP contribution in [0.5, 0.6) is 0 Å². The van der Waals surface area contributed by atoms with Gasteiger partial charge < -0.3 is 15.6 Å². The van der Waals surface area contributed by atoms with Gasteiger partial charge in [-0.05, 0) is 48.8 Å². The molecule has 1 saturated carbocycles. The highest BCUT2D eigenvalue weighted by atomic mass is 16.5. The van der Waals surface area contributed by atoms with Crippen molar-refractivity contribution in [2.45, 2.75) is 45.3 Å². The van der Waals surface area contributed by atoms with Crippen LogP contribution in [0.2, 0.25) is 0 Å². The van der Waals surface area contributed by atoms with Gasteiger partial charge in [-0.15, -0.1) is 0 Å². The predicted octanol–water partition coefficient (Wildman–Crippen LogP) is 3.14. The summed E-state index contributed by atoms with van der Waals surface area (Å²) in [7, 11) is 0. The van der Waals surface area contributed by atoms with Gasteiger partial charge in [0.1, 0.15) is 6.10 Å². The Labute approximate surface area is 115 Å². The smallest absolute Gasteiger partial charge is 0.102 e. The molecule has 3 nitrogen and oxygen atoms in total. The first-order chi connectivity index (χ1) is 9.04. The number of ether oxygens (including phenoxy) is 1. The Balaban J connectivity index is 1.83. The highest BCUT2D eigenvalue weighted by molar-refractivity contribution is 5.39. The molecule has 0 aliphatic heterocycles. The van der Waals surface area contributed by atoms with E-state index in [1.807, 2.05) is 24.3 Å². The van der Waals surface area contributed by atoms with Crippen molar-refractivity contribution in [1.29, 1.82) is 0 Å². The fraction of sp³-hybridized carbons (Fsp3) is 0.625. The maximum atomic E-state index is 10.1. The molecule has 3 N–H and O–H groups in total. The highest BCUT2D eigenvalue weighted by Crippen LogP contribution is 2.30. The highest BCUT2D eigenvalue weighted by Gasteiger charge is 2.25. The van der Waals surface area contributed by atoms with E-state index in [1.165, 1.54) is 6.42 Å². The number of nitrogen functional groups attached to an aromatic ring is 1. The number of benzene rings is 1. The third kappa shape index (κ3) is 4.22. The molecule has 0 amide bonds. The van der Waals surface area contributed by atoms with Gasteiger partial charge in [-0.3, -0.25) is 0 Å². The predicted molar refractivity (Wildman–Crippen MR) is 77.7 cm³/mol. The minimum atomic E-state index is -0.562. The first-order valence-corrected chi connectivity index (χ1v) is 7.19. The molecule has 1 fully saturated rings. The summed E-state index contributed by atoms with van der Waals surface area (Å²) in [4.78, 5) is 0. The third-order valence-corrected chi connectivity index (χ3v) is 3.95. The lowest BCUT2D eigenvalue weighted by Crippen LogP contribution is -2.27. The Hall–Kier alpha value is -1.06. The molecule has 1 aliphatic rings. The van der Waals surface area contributed by atoms with Crippen LogP contribution in [-0.2, 0) is 4.74 Å². The minimum absolute atomic E-state index is 0.294. The Bertz CT molecular complexity index is 380. The van der Waals surface area contributed by atoms with E-state index in [0.29, 0.717) is 18.4 Å². The largest absolute Gasteiger partial charge is 0.399 e. The lowest BCUT2D eigenvalue weighted by Gasteiger charge is -2.31. The van der Waals surface area contributed by atoms with Crippen molar-refractivity contribution >= 4 is 5.69 Å². The van der Waals surface area contributed by atoms with Crippen LogP contribution in [-0.4, -0.2) is 17.8 Å². The summed E-state index contributed by atoms with van der Waals surface area (Å²) >= 11 is 0. The van der Waals surface area contributed by atoms with Gasteiger partial charge in [-0.25, -0.2) is 0 Å². The van der Waals surface area contributed by atoms with Crippen LogP contribution in [0.25, 0.3) is 0 Å². The third-order valence-electron chi connectivity index (χ3n) is 3.95. The van der Waals surface area contributed by atoms with Crippen LogP contribution >= 0.6 is 0 Å². The molecule has 3 atom stereocenters. The van der Waals surface area contributed by atoms with Crippen LogP contribution in [0.4, 0.5) is 5.69 Å². The second-order valence-corrected chi connectivity index (χ2v) is 6.06. The molecule has 0 radical (unpaired) electrons. The zero-order valence-electron chi connectivity index (χ0n) is 11.9. The van der Waals surface area contributed by atoms with Crippen molar-refractivity contribution in [3.05, 3.63) is 29.8 Å². The zero-order chi connectivity index (χ0) is 13.8. The lowest BCUT2D eigenvalue weighted by molar-refractivity contribution is -0.0412. The van der Waals surface area contributed by atoms with Crippen LogP contribution in [0.1, 0.15) is 44.8 Å². The molecule has 0 heterocycles. The van der Waals surface area contributed by atoms with Crippen molar-refractivity contribution in [3.8, 4) is 0 Å². The number of aliphatic hydroxyl groups excluding tert-OH is 1. The first kappa shape index (κ1) is 14.4. The van der Waals surface area contributed by atoms with E-state index in [2.05, 4.69) is 13.8 Å². The number of nitrogens with two attached hydrogens (primary N) is 1. The fourth-order valence-corrected chi connectivity index (χ4v) is 3.05. The molecule has 0 spiro atoms. The molecule has 1 aromatic rings. The van der Waals surface area contributed by atoms with E-state index in [0.717, 1.165) is 30.2 Å². The van der Waals surface area contributed by atoms with Crippen molar-refractivity contribution in [2.24, 2.45) is 11.8 Å². The van der Waals surface area contributed by atoms with Gasteiger partial charge in [0.2, 0.25) is 0 Å². The molecule has 0 saturated heterocycles. The van der Waals surface area contributed by atoms with E-state index in [1.54, 1.807) is 0 Å². The van der Waals surface area contributed by atoms with E-state index < -0.39 is 6.10 Å². The average Bonchev–Trinajstić information content (AvgIpc) is 2.36. The quantitative estimate of drug-likeness (QED) is 0.820. The van der Waals surface area contributed by atoms with E-state index in [9.17, 15) is 5.11 Å². The molecule has 1 aromatic carbocycles. The van der Waals surface area contributed by atoms with Crippen LogP contribution in [0.3, 0.4) is 0 Å². The van der Waals surface area contributed by atoms with E-state index in [4.69, 9.17) is 10.5 Å². The number of hydrogen-bond acceptors (Lipinski definition) is 3. The van der Waals surface area contributed by atoms with Gasteiger partial charge in [-0.2, -0.15) is 0 Å². The molecule has 2 rings (SSSR count). The summed E-state index contributed by atoms with van der Waals surface area (Å²) in [5, 5.41) is 10.1. The summed E-state index contributed by atoms with van der Waals surface area (Å²) in [5.74, 6) is 1.45. The topological polar surface area (TPSA) is 55.5 Å². The number of hydrogen-bond donors (Lipinski definition) is 2. The second kappa shape index (κ2) is 6.40. The average molecular weight is 263 g/mol. The van der Waals surface area contributed by atoms with Gasteiger partial charge >= 0.3 is 0 Å². The Morgan fingerprint density at radius 3 is 2.32 bits per heavy atom. The number of aliphatic hydroxyl groups is 1. The molecule has 3 heteroatoms. The summed E-state index contributed by atoms with van der Waals surface area (Å²) < 4.78 is 5.89. The van der Waals surface area contributed by atoms with Crippen molar-refractivity contribution < 1.29 is 9.84 Å². The standard InChI is InChI=1S/C16H25NO2/c1-11-7-12(2)9-15(8-11)19-10-16(18)13-3-5-14(17)6-4-13/h3-6,11-12,15-16,18H,7-10,17H2,1-2H3. The summed E-state index contributed by atoms with van der Waals surface area (Å²) in [6, 6.07) is 7.33. The molecule has 106 valence electrons. The van der Waals surface area contributed by atoms with E-state index in [-0.39, 0.29) is 0 Å². The maximum Gasteiger partial charge on any atom is 0.102 e. The maximum absolute atomic E-state index is 10.1. The Morgan fingerprint density at radius 1 is 1.16 bits per heavy atom. The molecule has 0 bridgehead atoms. The van der Waals surface area contributed by atoms with Gasteiger partial charge in [0, 0.05) is 5.69 Å².